The normalized spacial score (nSPS) is 21.3. The molecule has 0 amide bonds. The van der Waals surface area contributed by atoms with Crippen molar-refractivity contribution in [2.45, 2.75) is 37.6 Å². The third-order valence-corrected chi connectivity index (χ3v) is 5.11. The van der Waals surface area contributed by atoms with E-state index in [1.54, 1.807) is 6.92 Å². The summed E-state index contributed by atoms with van der Waals surface area (Å²) in [4.78, 5) is 49.8. The van der Waals surface area contributed by atoms with E-state index >= 15 is 0 Å². The molecule has 0 bridgehead atoms. The van der Waals surface area contributed by atoms with Crippen molar-refractivity contribution in [1.29, 1.82) is 0 Å². The number of nitrogen functional groups attached to an aromatic ring is 1. The Labute approximate surface area is 146 Å². The first-order valence-corrected chi connectivity index (χ1v) is 8.01. The number of aromatic nitrogens is 2. The molecule has 1 atom stereocenters. The highest BCUT2D eigenvalue weighted by Gasteiger charge is 2.69. The highest BCUT2D eigenvalue weighted by atomic mass is 35.5. The number of ether oxygens (including phenoxy) is 1. The van der Waals surface area contributed by atoms with Crippen LogP contribution in [0.4, 0.5) is 5.82 Å². The molecule has 0 saturated heterocycles. The minimum atomic E-state index is -1.22. The van der Waals surface area contributed by atoms with Crippen LogP contribution in [0, 0.1) is 5.41 Å². The van der Waals surface area contributed by atoms with Crippen molar-refractivity contribution in [1.82, 2.24) is 9.55 Å². The summed E-state index contributed by atoms with van der Waals surface area (Å²) in [6, 6.07) is 0. The number of nitrogens with one attached hydrogen (secondary N) is 1. The maximum atomic E-state index is 12.2. The van der Waals surface area contributed by atoms with E-state index in [9.17, 15) is 19.2 Å². The van der Waals surface area contributed by atoms with Crippen molar-refractivity contribution in [3.63, 3.8) is 0 Å². The number of carbonyl (C=O) groups excluding carboxylic acids is 2. The molecule has 1 aromatic heterocycles. The Balaban J connectivity index is 2.19. The average molecular weight is 378 g/mol. The van der Waals surface area contributed by atoms with Crippen LogP contribution in [0.2, 0.25) is 0 Å². The molecule has 0 unspecified atom stereocenters. The third-order valence-electron chi connectivity index (χ3n) is 4.01. The van der Waals surface area contributed by atoms with Crippen LogP contribution in [0.1, 0.15) is 37.0 Å². The zero-order chi connectivity index (χ0) is 18.3. The molecular formula is C14H17Cl2N3O5. The Kier molecular flexibility index (Phi) is 4.83. The number of esters is 1. The number of hydrogen-bond donors (Lipinski definition) is 2. The summed E-state index contributed by atoms with van der Waals surface area (Å²) < 4.78 is 4.77. The minimum absolute atomic E-state index is 0.209. The van der Waals surface area contributed by atoms with E-state index in [0.717, 1.165) is 4.57 Å². The Morgan fingerprint density at radius 1 is 1.38 bits per heavy atom. The van der Waals surface area contributed by atoms with Gasteiger partial charge in [-0.15, -0.1) is 23.2 Å². The zero-order valence-electron chi connectivity index (χ0n) is 13.2. The highest BCUT2D eigenvalue weighted by Crippen LogP contribution is 2.64. The van der Waals surface area contributed by atoms with Crippen LogP contribution < -0.4 is 17.0 Å². The first-order chi connectivity index (χ1) is 11.0. The van der Waals surface area contributed by atoms with Crippen molar-refractivity contribution in [2.75, 3.05) is 12.3 Å². The van der Waals surface area contributed by atoms with Gasteiger partial charge in [0.1, 0.15) is 21.1 Å². The van der Waals surface area contributed by atoms with Crippen molar-refractivity contribution in [2.24, 2.45) is 5.41 Å². The summed E-state index contributed by atoms with van der Waals surface area (Å²) in [5.41, 5.74) is 2.63. The number of aromatic amines is 1. The monoisotopic (exact) mass is 377 g/mol. The molecule has 1 heterocycles. The number of rotatable bonds is 6. The number of halogens is 2. The molecule has 10 heteroatoms. The molecule has 1 aliphatic rings. The van der Waals surface area contributed by atoms with Gasteiger partial charge in [-0.2, -0.15) is 0 Å². The molecule has 1 fully saturated rings. The van der Waals surface area contributed by atoms with E-state index in [0.29, 0.717) is 6.42 Å². The molecule has 0 radical (unpaired) electrons. The van der Waals surface area contributed by atoms with Crippen LogP contribution >= 0.6 is 23.2 Å². The van der Waals surface area contributed by atoms with Gasteiger partial charge in [0.25, 0.3) is 5.56 Å². The Bertz CT molecular complexity index is 814. The molecule has 1 saturated carbocycles. The summed E-state index contributed by atoms with van der Waals surface area (Å²) in [5, 5.41) is 0. The maximum Gasteiger partial charge on any atom is 0.329 e. The van der Waals surface area contributed by atoms with Crippen LogP contribution in [0.3, 0.4) is 0 Å². The lowest BCUT2D eigenvalue weighted by atomic mass is 10.1. The van der Waals surface area contributed by atoms with Gasteiger partial charge in [0.15, 0.2) is 6.61 Å². The van der Waals surface area contributed by atoms with E-state index in [4.69, 9.17) is 33.7 Å². The van der Waals surface area contributed by atoms with Crippen LogP contribution in [0.5, 0.6) is 0 Å². The van der Waals surface area contributed by atoms with Crippen molar-refractivity contribution in [3.8, 4) is 0 Å². The lowest BCUT2D eigenvalue weighted by Crippen LogP contribution is -2.37. The molecule has 1 aliphatic carbocycles. The van der Waals surface area contributed by atoms with Gasteiger partial charge in [-0.3, -0.25) is 23.9 Å². The van der Waals surface area contributed by atoms with Crippen LogP contribution in [0.15, 0.2) is 9.59 Å². The molecule has 8 nitrogen and oxygen atoms in total. The first kappa shape index (κ1) is 18.5. The van der Waals surface area contributed by atoms with Crippen molar-refractivity contribution >= 4 is 40.8 Å². The predicted octanol–water partition coefficient (Wildman–Crippen LogP) is 0.839. The maximum absolute atomic E-state index is 12.2. The fraction of sp³-hybridized carbons (Fsp3) is 0.571. The van der Waals surface area contributed by atoms with E-state index < -0.39 is 44.9 Å². The second kappa shape index (κ2) is 6.25. The van der Waals surface area contributed by atoms with Crippen molar-refractivity contribution < 1.29 is 14.3 Å². The molecule has 0 spiro atoms. The molecule has 3 N–H and O–H groups in total. The fourth-order valence-electron chi connectivity index (χ4n) is 2.29. The Hall–Kier alpha value is -1.80. The fourth-order valence-corrected chi connectivity index (χ4v) is 2.98. The summed E-state index contributed by atoms with van der Waals surface area (Å²) >= 11 is 11.7. The molecule has 0 aromatic carbocycles. The number of H-pyrrole nitrogens is 1. The lowest BCUT2D eigenvalue weighted by Gasteiger charge is -2.13. The summed E-state index contributed by atoms with van der Waals surface area (Å²) in [6.07, 6.45) is 0.783. The SMILES string of the molecule is CCCn1c(N)c(C(=O)COC(=O)[C@@]2(C)CC2(Cl)Cl)c(=O)[nH]c1=O. The number of nitrogens with two attached hydrogens (primary N) is 1. The zero-order valence-corrected chi connectivity index (χ0v) is 14.7. The van der Waals surface area contributed by atoms with Gasteiger partial charge < -0.3 is 10.5 Å². The second-order valence-electron chi connectivity index (χ2n) is 5.88. The number of alkyl halides is 2. The average Bonchev–Trinajstić information content (AvgIpc) is 3.00. The van der Waals surface area contributed by atoms with E-state index in [-0.39, 0.29) is 18.8 Å². The number of nitrogens with zero attached hydrogens (tertiary/aromatic N) is 1. The molecule has 132 valence electrons. The topological polar surface area (TPSA) is 124 Å². The van der Waals surface area contributed by atoms with Gasteiger partial charge >= 0.3 is 11.7 Å². The van der Waals surface area contributed by atoms with E-state index in [1.165, 1.54) is 6.92 Å². The van der Waals surface area contributed by atoms with Crippen LogP contribution in [-0.2, 0) is 16.1 Å². The first-order valence-electron chi connectivity index (χ1n) is 7.26. The summed E-state index contributed by atoms with van der Waals surface area (Å²) in [7, 11) is 0. The Morgan fingerprint density at radius 3 is 2.46 bits per heavy atom. The van der Waals surface area contributed by atoms with Gasteiger partial charge in [0.05, 0.1) is 0 Å². The third kappa shape index (κ3) is 3.08. The van der Waals surface area contributed by atoms with Crippen molar-refractivity contribution in [3.05, 3.63) is 26.4 Å². The van der Waals surface area contributed by atoms with Crippen LogP contribution in [-0.4, -0.2) is 32.2 Å². The quantitative estimate of drug-likeness (QED) is 0.429. The van der Waals surface area contributed by atoms with Gasteiger partial charge in [-0.1, -0.05) is 6.92 Å². The molecular weight excluding hydrogens is 361 g/mol. The van der Waals surface area contributed by atoms with E-state index in [1.807, 2.05) is 4.98 Å². The molecule has 2 rings (SSSR count). The van der Waals surface area contributed by atoms with E-state index in [2.05, 4.69) is 0 Å². The van der Waals surface area contributed by atoms with Gasteiger partial charge in [0, 0.05) is 13.0 Å². The summed E-state index contributed by atoms with van der Waals surface area (Å²) in [5.74, 6) is -1.81. The van der Waals surface area contributed by atoms with Gasteiger partial charge in [-0.05, 0) is 13.3 Å². The highest BCUT2D eigenvalue weighted by molar-refractivity contribution is 6.53. The second-order valence-corrected chi connectivity index (χ2v) is 7.37. The Morgan fingerprint density at radius 2 is 1.96 bits per heavy atom. The number of hydrogen-bond acceptors (Lipinski definition) is 6. The molecule has 1 aromatic rings. The number of Topliss-reactive ketones (excluding diaryl/α,β-unsaturated/α-hetero) is 1. The standard InChI is InChI=1S/C14H17Cl2N3O5/c1-3-4-19-9(17)8(10(21)18-12(19)23)7(20)5-24-11(22)13(2)6-14(13,15)16/h3-6,17H2,1-2H3,(H,18,21,23)/t13-/m1/s1. The van der Waals surface area contributed by atoms with Crippen LogP contribution in [0.25, 0.3) is 0 Å². The van der Waals surface area contributed by atoms with Gasteiger partial charge in [-0.25, -0.2) is 4.79 Å². The molecule has 24 heavy (non-hydrogen) atoms. The minimum Gasteiger partial charge on any atom is -0.457 e. The smallest absolute Gasteiger partial charge is 0.329 e. The number of anilines is 1. The summed E-state index contributed by atoms with van der Waals surface area (Å²) in [6.45, 7) is 2.86. The van der Waals surface area contributed by atoms with Gasteiger partial charge in [0.2, 0.25) is 5.78 Å². The lowest BCUT2D eigenvalue weighted by molar-refractivity contribution is -0.148. The largest absolute Gasteiger partial charge is 0.457 e. The number of carbonyl (C=O) groups is 2. The molecule has 0 aliphatic heterocycles. The predicted molar refractivity (Wildman–Crippen MR) is 88.5 cm³/mol. The number of ketones is 1.